The van der Waals surface area contributed by atoms with E-state index in [9.17, 15) is 9.59 Å². The molecular formula is C28H34BrN3O5. The molecule has 2 heterocycles. The molecule has 1 aromatic heterocycles. The van der Waals surface area contributed by atoms with Gasteiger partial charge in [-0.2, -0.15) is 5.10 Å². The van der Waals surface area contributed by atoms with Crippen LogP contribution < -0.4 is 4.74 Å². The quantitative estimate of drug-likeness (QED) is 0.325. The Bertz CT molecular complexity index is 1300. The van der Waals surface area contributed by atoms with Crippen LogP contribution in [0.4, 0.5) is 4.79 Å². The van der Waals surface area contributed by atoms with Crippen molar-refractivity contribution in [2.45, 2.75) is 65.7 Å². The van der Waals surface area contributed by atoms with E-state index < -0.39 is 5.60 Å². The molecular weight excluding hydrogens is 538 g/mol. The van der Waals surface area contributed by atoms with Crippen LogP contribution in [0.25, 0.3) is 10.9 Å². The van der Waals surface area contributed by atoms with Crippen LogP contribution in [0, 0.1) is 6.92 Å². The average molecular weight is 573 g/mol. The number of fused-ring (bicyclic) bond motifs is 1. The Labute approximate surface area is 226 Å². The molecule has 0 N–H and O–H groups in total. The number of carbonyl (C=O) groups excluding carboxylic acids is 2. The number of nitrogens with zero attached hydrogens (tertiary/aromatic N) is 3. The number of aryl methyl sites for hydroxylation is 1. The first kappa shape index (κ1) is 27.0. The van der Waals surface area contributed by atoms with E-state index in [0.717, 1.165) is 38.6 Å². The highest BCUT2D eigenvalue weighted by Gasteiger charge is 2.32. The lowest BCUT2D eigenvalue weighted by atomic mass is 10.0. The molecule has 0 bridgehead atoms. The molecule has 0 unspecified atom stereocenters. The summed E-state index contributed by atoms with van der Waals surface area (Å²) in [6.07, 6.45) is 0.638. The van der Waals surface area contributed by atoms with Gasteiger partial charge in [-0.05, 0) is 70.9 Å². The first-order valence-corrected chi connectivity index (χ1v) is 13.4. The molecule has 1 aliphatic heterocycles. The monoisotopic (exact) mass is 571 g/mol. The standard InChI is InChI=1S/C28H34BrN3O5/c1-6-35-26(33)15-21-18(2)8-7-9-25(21)36-17-23-22-14-19(29)10-11-24(22)32(30-23)20-12-13-31(16-20)27(34)37-28(3,4)5/h7-11,14,20H,6,12-13,15-17H2,1-5H3/t20-/m1/s1. The van der Waals surface area contributed by atoms with Crippen molar-refractivity contribution in [2.24, 2.45) is 0 Å². The van der Waals surface area contributed by atoms with Crippen molar-refractivity contribution in [3.63, 3.8) is 0 Å². The van der Waals surface area contributed by atoms with Crippen molar-refractivity contribution < 1.29 is 23.8 Å². The highest BCUT2D eigenvalue weighted by atomic mass is 79.9. The number of rotatable bonds is 7. The third-order valence-electron chi connectivity index (χ3n) is 6.26. The van der Waals surface area contributed by atoms with Crippen LogP contribution in [0.5, 0.6) is 5.75 Å². The molecule has 0 spiro atoms. The number of halogens is 1. The van der Waals surface area contributed by atoms with E-state index >= 15 is 0 Å². The second-order valence-corrected chi connectivity index (χ2v) is 11.2. The lowest BCUT2D eigenvalue weighted by molar-refractivity contribution is -0.142. The maximum absolute atomic E-state index is 12.6. The molecule has 1 atom stereocenters. The SMILES string of the molecule is CCOC(=O)Cc1c(C)cccc1OCc1nn([C@@H]2CCN(C(=O)OC(C)(C)C)C2)c2ccc(Br)cc12. The third-order valence-corrected chi connectivity index (χ3v) is 6.76. The topological polar surface area (TPSA) is 82.9 Å². The maximum Gasteiger partial charge on any atom is 0.410 e. The summed E-state index contributed by atoms with van der Waals surface area (Å²) >= 11 is 3.58. The fourth-order valence-electron chi connectivity index (χ4n) is 4.54. The summed E-state index contributed by atoms with van der Waals surface area (Å²) in [4.78, 5) is 26.5. The predicted molar refractivity (Wildman–Crippen MR) is 145 cm³/mol. The van der Waals surface area contributed by atoms with E-state index in [1.807, 2.05) is 68.8 Å². The first-order valence-electron chi connectivity index (χ1n) is 12.6. The van der Waals surface area contributed by atoms with Crippen molar-refractivity contribution in [1.29, 1.82) is 0 Å². The van der Waals surface area contributed by atoms with E-state index in [4.69, 9.17) is 19.3 Å². The summed E-state index contributed by atoms with van der Waals surface area (Å²) in [6, 6.07) is 11.8. The Kier molecular flexibility index (Phi) is 8.11. The van der Waals surface area contributed by atoms with Gasteiger partial charge in [-0.15, -0.1) is 0 Å². The summed E-state index contributed by atoms with van der Waals surface area (Å²) in [5.41, 5.74) is 3.02. The number of hydrogen-bond acceptors (Lipinski definition) is 6. The summed E-state index contributed by atoms with van der Waals surface area (Å²) in [7, 11) is 0. The summed E-state index contributed by atoms with van der Waals surface area (Å²) in [5, 5.41) is 5.92. The summed E-state index contributed by atoms with van der Waals surface area (Å²) < 4.78 is 19.9. The van der Waals surface area contributed by atoms with E-state index in [-0.39, 0.29) is 31.1 Å². The van der Waals surface area contributed by atoms with Gasteiger partial charge in [0.1, 0.15) is 23.7 Å². The molecule has 4 rings (SSSR count). The van der Waals surface area contributed by atoms with Gasteiger partial charge in [0.25, 0.3) is 0 Å². The zero-order chi connectivity index (χ0) is 26.7. The molecule has 1 fully saturated rings. The zero-order valence-electron chi connectivity index (χ0n) is 22.0. The van der Waals surface area contributed by atoms with Crippen LogP contribution in [-0.4, -0.2) is 52.0 Å². The molecule has 9 heteroatoms. The van der Waals surface area contributed by atoms with Crippen molar-refractivity contribution in [3.8, 4) is 5.75 Å². The van der Waals surface area contributed by atoms with Crippen molar-refractivity contribution in [2.75, 3.05) is 19.7 Å². The van der Waals surface area contributed by atoms with Gasteiger partial charge >= 0.3 is 12.1 Å². The molecule has 2 aromatic carbocycles. The van der Waals surface area contributed by atoms with E-state index in [2.05, 4.69) is 15.9 Å². The maximum atomic E-state index is 12.6. The van der Waals surface area contributed by atoms with Gasteiger partial charge in [0.2, 0.25) is 0 Å². The second-order valence-electron chi connectivity index (χ2n) is 10.2. The smallest absolute Gasteiger partial charge is 0.410 e. The number of hydrogen-bond donors (Lipinski definition) is 0. The van der Waals surface area contributed by atoms with E-state index in [1.54, 1.807) is 11.8 Å². The second kappa shape index (κ2) is 11.1. The molecule has 37 heavy (non-hydrogen) atoms. The number of likely N-dealkylation sites (tertiary alicyclic amines) is 1. The van der Waals surface area contributed by atoms with Crippen molar-refractivity contribution >= 4 is 38.9 Å². The highest BCUT2D eigenvalue weighted by molar-refractivity contribution is 9.10. The van der Waals surface area contributed by atoms with Gasteiger partial charge in [-0.3, -0.25) is 9.48 Å². The summed E-state index contributed by atoms with van der Waals surface area (Å²) in [6.45, 7) is 11.1. The Morgan fingerprint density at radius 2 is 1.97 bits per heavy atom. The molecule has 0 saturated carbocycles. The van der Waals surface area contributed by atoms with Gasteiger partial charge in [-0.25, -0.2) is 4.79 Å². The number of amides is 1. The van der Waals surface area contributed by atoms with Crippen molar-refractivity contribution in [3.05, 3.63) is 57.7 Å². The molecule has 1 aliphatic rings. The average Bonchev–Trinajstić information content (AvgIpc) is 3.43. The van der Waals surface area contributed by atoms with Gasteiger partial charge in [0, 0.05) is 28.5 Å². The Balaban J connectivity index is 1.57. The van der Waals surface area contributed by atoms with Gasteiger partial charge in [0.15, 0.2) is 0 Å². The molecule has 8 nitrogen and oxygen atoms in total. The Hall–Kier alpha value is -3.07. The molecule has 1 saturated heterocycles. The molecule has 1 amide bonds. The van der Waals surface area contributed by atoms with Crippen LogP contribution in [-0.2, 0) is 27.3 Å². The summed E-state index contributed by atoms with van der Waals surface area (Å²) in [5.74, 6) is 0.360. The Morgan fingerprint density at radius 1 is 1.19 bits per heavy atom. The molecule has 3 aromatic rings. The van der Waals surface area contributed by atoms with Crippen LogP contribution in [0.2, 0.25) is 0 Å². The number of aromatic nitrogens is 2. The van der Waals surface area contributed by atoms with E-state index in [1.165, 1.54) is 0 Å². The third kappa shape index (κ3) is 6.44. The lowest BCUT2D eigenvalue weighted by Gasteiger charge is -2.24. The number of esters is 1. The minimum atomic E-state index is -0.535. The lowest BCUT2D eigenvalue weighted by Crippen LogP contribution is -2.35. The largest absolute Gasteiger partial charge is 0.487 e. The van der Waals surface area contributed by atoms with Gasteiger partial charge in [0.05, 0.1) is 24.6 Å². The normalized spacial score (nSPS) is 15.7. The van der Waals surface area contributed by atoms with Gasteiger partial charge in [-0.1, -0.05) is 28.1 Å². The number of carbonyl (C=O) groups is 2. The fourth-order valence-corrected chi connectivity index (χ4v) is 4.90. The van der Waals surface area contributed by atoms with Gasteiger partial charge < -0.3 is 19.1 Å². The minimum absolute atomic E-state index is 0.0308. The number of benzene rings is 2. The van der Waals surface area contributed by atoms with Crippen LogP contribution in [0.15, 0.2) is 40.9 Å². The molecule has 0 radical (unpaired) electrons. The molecule has 0 aliphatic carbocycles. The van der Waals surface area contributed by atoms with Crippen molar-refractivity contribution in [1.82, 2.24) is 14.7 Å². The van der Waals surface area contributed by atoms with E-state index in [0.29, 0.717) is 25.4 Å². The van der Waals surface area contributed by atoms with Crippen LogP contribution >= 0.6 is 15.9 Å². The predicted octanol–water partition coefficient (Wildman–Crippen LogP) is 5.97. The number of ether oxygens (including phenoxy) is 3. The fraction of sp³-hybridized carbons (Fsp3) is 0.464. The van der Waals surface area contributed by atoms with Crippen LogP contribution in [0.1, 0.15) is 57.0 Å². The highest BCUT2D eigenvalue weighted by Crippen LogP contribution is 2.31. The first-order chi connectivity index (χ1) is 17.6. The minimum Gasteiger partial charge on any atom is -0.487 e. The van der Waals surface area contributed by atoms with Crippen LogP contribution in [0.3, 0.4) is 0 Å². The Morgan fingerprint density at radius 3 is 2.70 bits per heavy atom. The molecule has 198 valence electrons. The zero-order valence-corrected chi connectivity index (χ0v) is 23.6.